The maximum atomic E-state index is 10.3. The van der Waals surface area contributed by atoms with Crippen LogP contribution in [0.2, 0.25) is 0 Å². The number of tetrazole rings is 1. The molecule has 1 heterocycles. The van der Waals surface area contributed by atoms with Crippen LogP contribution in [0.3, 0.4) is 0 Å². The van der Waals surface area contributed by atoms with E-state index in [0.29, 0.717) is 25.2 Å². The van der Waals surface area contributed by atoms with Crippen LogP contribution in [0.1, 0.15) is 18.7 Å². The van der Waals surface area contributed by atoms with Crippen LogP contribution in [0.15, 0.2) is 0 Å². The van der Waals surface area contributed by atoms with Crippen molar-refractivity contribution in [1.29, 1.82) is 0 Å². The van der Waals surface area contributed by atoms with Gasteiger partial charge in [-0.15, -0.1) is 10.2 Å². The van der Waals surface area contributed by atoms with Gasteiger partial charge in [0, 0.05) is 13.5 Å². The Labute approximate surface area is 94.6 Å². The van der Waals surface area contributed by atoms with Crippen molar-refractivity contribution in [2.24, 2.45) is 12.8 Å². The average Bonchev–Trinajstić information content (AvgIpc) is 2.61. The lowest BCUT2D eigenvalue weighted by Crippen LogP contribution is -2.37. The largest absolute Gasteiger partial charge is 0.387 e. The highest BCUT2D eigenvalue weighted by Crippen LogP contribution is 2.17. The third kappa shape index (κ3) is 3.84. The fraction of sp³-hybridized carbons (Fsp3) is 0.889. The van der Waals surface area contributed by atoms with Crippen LogP contribution in [-0.4, -0.2) is 51.2 Å². The van der Waals surface area contributed by atoms with Crippen molar-refractivity contribution in [3.8, 4) is 0 Å². The van der Waals surface area contributed by atoms with Gasteiger partial charge in [-0.05, 0) is 24.6 Å². The lowest BCUT2D eigenvalue weighted by Gasteiger charge is -2.25. The molecule has 0 fully saturated rings. The van der Waals surface area contributed by atoms with Gasteiger partial charge in [-0.1, -0.05) is 0 Å². The van der Waals surface area contributed by atoms with Crippen molar-refractivity contribution in [2.75, 3.05) is 20.3 Å². The van der Waals surface area contributed by atoms with E-state index < -0.39 is 5.60 Å². The van der Waals surface area contributed by atoms with E-state index in [-0.39, 0.29) is 6.61 Å². The molecule has 0 amide bonds. The lowest BCUT2D eigenvalue weighted by molar-refractivity contribution is -0.0388. The molecule has 0 radical (unpaired) electrons. The number of nitrogens with zero attached hydrogens (tertiary/aromatic N) is 4. The summed E-state index contributed by atoms with van der Waals surface area (Å²) in [5.74, 6) is 0.513. The van der Waals surface area contributed by atoms with E-state index in [4.69, 9.17) is 10.5 Å². The summed E-state index contributed by atoms with van der Waals surface area (Å²) in [6.45, 7) is 0.783. The summed E-state index contributed by atoms with van der Waals surface area (Å²) in [5, 5.41) is 21.9. The number of ether oxygens (including phenoxy) is 1. The molecule has 0 aliphatic rings. The van der Waals surface area contributed by atoms with Crippen molar-refractivity contribution < 1.29 is 9.84 Å². The Morgan fingerprint density at radius 3 is 2.81 bits per heavy atom. The first-order valence-corrected chi connectivity index (χ1v) is 5.24. The van der Waals surface area contributed by atoms with Gasteiger partial charge in [0.2, 0.25) is 0 Å². The minimum absolute atomic E-state index is 0.241. The maximum absolute atomic E-state index is 10.3. The third-order valence-corrected chi connectivity index (χ3v) is 2.30. The van der Waals surface area contributed by atoms with Gasteiger partial charge in [0.1, 0.15) is 0 Å². The third-order valence-electron chi connectivity index (χ3n) is 2.30. The Morgan fingerprint density at radius 2 is 2.31 bits per heavy atom. The number of rotatable bonds is 7. The quantitative estimate of drug-likeness (QED) is 0.613. The number of nitrogens with two attached hydrogens (primary N) is 1. The summed E-state index contributed by atoms with van der Waals surface area (Å²) >= 11 is 0. The van der Waals surface area contributed by atoms with Crippen LogP contribution in [0.25, 0.3) is 0 Å². The van der Waals surface area contributed by atoms with Gasteiger partial charge in [0.25, 0.3) is 0 Å². The number of methoxy groups -OCH3 is 1. The van der Waals surface area contributed by atoms with Gasteiger partial charge in [-0.3, -0.25) is 0 Å². The molecule has 1 aromatic rings. The first-order chi connectivity index (χ1) is 7.59. The zero-order chi connectivity index (χ0) is 12.0. The molecule has 0 aromatic carbocycles. The normalized spacial score (nSPS) is 15.0. The van der Waals surface area contributed by atoms with Gasteiger partial charge < -0.3 is 15.6 Å². The minimum atomic E-state index is -0.961. The molecule has 0 aliphatic heterocycles. The molecule has 0 aliphatic carbocycles. The monoisotopic (exact) mass is 229 g/mol. The molecule has 16 heavy (non-hydrogen) atoms. The van der Waals surface area contributed by atoms with Crippen molar-refractivity contribution in [3.63, 3.8) is 0 Å². The molecule has 1 aromatic heterocycles. The molecule has 1 unspecified atom stereocenters. The SMILES string of the molecule is COCC(O)(CCCN)Cc1nnn(C)n1. The van der Waals surface area contributed by atoms with Crippen LogP contribution in [0.4, 0.5) is 0 Å². The molecule has 7 heteroatoms. The number of aryl methyl sites for hydroxylation is 1. The van der Waals surface area contributed by atoms with E-state index in [1.807, 2.05) is 0 Å². The Bertz CT molecular complexity index is 317. The van der Waals surface area contributed by atoms with Gasteiger partial charge in [0.05, 0.1) is 19.3 Å². The van der Waals surface area contributed by atoms with Crippen LogP contribution in [0, 0.1) is 0 Å². The first-order valence-electron chi connectivity index (χ1n) is 5.24. The molecule has 1 atom stereocenters. The van der Waals surface area contributed by atoms with Gasteiger partial charge in [0.15, 0.2) is 5.82 Å². The van der Waals surface area contributed by atoms with Crippen LogP contribution < -0.4 is 5.73 Å². The van der Waals surface area contributed by atoms with Crippen LogP contribution in [-0.2, 0) is 18.2 Å². The molecular weight excluding hydrogens is 210 g/mol. The van der Waals surface area contributed by atoms with E-state index in [1.54, 1.807) is 14.2 Å². The Balaban J connectivity index is 2.62. The second kappa shape index (κ2) is 5.88. The first kappa shape index (κ1) is 13.0. The van der Waals surface area contributed by atoms with Crippen LogP contribution in [0.5, 0.6) is 0 Å². The summed E-state index contributed by atoms with van der Waals surface area (Å²) in [5.41, 5.74) is 4.47. The topological polar surface area (TPSA) is 99.1 Å². The Kier molecular flexibility index (Phi) is 4.78. The highest BCUT2D eigenvalue weighted by molar-refractivity contribution is 4.91. The Morgan fingerprint density at radius 1 is 1.56 bits per heavy atom. The predicted octanol–water partition coefficient (Wildman–Crippen LogP) is -1.13. The van der Waals surface area contributed by atoms with E-state index in [1.165, 1.54) is 4.80 Å². The maximum Gasteiger partial charge on any atom is 0.177 e. The van der Waals surface area contributed by atoms with Crippen molar-refractivity contribution >= 4 is 0 Å². The smallest absolute Gasteiger partial charge is 0.177 e. The molecule has 0 saturated carbocycles. The summed E-state index contributed by atoms with van der Waals surface area (Å²) in [4.78, 5) is 1.37. The van der Waals surface area contributed by atoms with E-state index >= 15 is 0 Å². The molecule has 7 nitrogen and oxygen atoms in total. The van der Waals surface area contributed by atoms with Crippen LogP contribution >= 0.6 is 0 Å². The predicted molar refractivity (Wildman–Crippen MR) is 57.6 cm³/mol. The highest BCUT2D eigenvalue weighted by Gasteiger charge is 2.28. The van der Waals surface area contributed by atoms with Crippen molar-refractivity contribution in [1.82, 2.24) is 20.2 Å². The molecular formula is C9H19N5O2. The molecule has 0 saturated heterocycles. The average molecular weight is 229 g/mol. The molecule has 0 spiro atoms. The lowest BCUT2D eigenvalue weighted by atomic mass is 9.94. The van der Waals surface area contributed by atoms with Gasteiger partial charge >= 0.3 is 0 Å². The molecule has 92 valence electrons. The highest BCUT2D eigenvalue weighted by atomic mass is 16.5. The van der Waals surface area contributed by atoms with Crippen molar-refractivity contribution in [2.45, 2.75) is 24.9 Å². The molecule has 0 bridgehead atoms. The summed E-state index contributed by atoms with van der Waals surface area (Å²) in [6.07, 6.45) is 1.63. The van der Waals surface area contributed by atoms with E-state index in [9.17, 15) is 5.11 Å². The standard InChI is InChI=1S/C9H19N5O2/c1-14-12-8(11-13-14)6-9(15,7-16-2)4-3-5-10/h15H,3-7,10H2,1-2H3. The van der Waals surface area contributed by atoms with Gasteiger partial charge in [-0.25, -0.2) is 0 Å². The number of hydrogen-bond acceptors (Lipinski definition) is 6. The zero-order valence-corrected chi connectivity index (χ0v) is 9.76. The molecule has 1 rings (SSSR count). The van der Waals surface area contributed by atoms with Crippen molar-refractivity contribution in [3.05, 3.63) is 5.82 Å². The van der Waals surface area contributed by atoms with E-state index in [0.717, 1.165) is 6.42 Å². The molecule has 3 N–H and O–H groups in total. The second-order valence-electron chi connectivity index (χ2n) is 3.92. The Hall–Kier alpha value is -1.05. The second-order valence-corrected chi connectivity index (χ2v) is 3.92. The summed E-state index contributed by atoms with van der Waals surface area (Å²) in [7, 11) is 3.24. The minimum Gasteiger partial charge on any atom is -0.387 e. The number of aromatic nitrogens is 4. The van der Waals surface area contributed by atoms with Gasteiger partial charge in [-0.2, -0.15) is 4.80 Å². The fourth-order valence-corrected chi connectivity index (χ4v) is 1.60. The van der Waals surface area contributed by atoms with E-state index in [2.05, 4.69) is 15.4 Å². The number of aliphatic hydroxyl groups is 1. The zero-order valence-electron chi connectivity index (χ0n) is 9.76. The fourth-order valence-electron chi connectivity index (χ4n) is 1.60. The summed E-state index contributed by atoms with van der Waals surface area (Å²) in [6, 6.07) is 0. The number of hydrogen-bond donors (Lipinski definition) is 2. The summed E-state index contributed by atoms with van der Waals surface area (Å²) < 4.78 is 5.01.